The summed E-state index contributed by atoms with van der Waals surface area (Å²) in [5.74, 6) is 0.745. The molecule has 0 aromatic heterocycles. The predicted molar refractivity (Wildman–Crippen MR) is 94.5 cm³/mol. The Labute approximate surface area is 138 Å². The minimum absolute atomic E-state index is 0.630. The van der Waals surface area contributed by atoms with Crippen LogP contribution in [-0.4, -0.2) is 30.1 Å². The van der Waals surface area contributed by atoms with Crippen molar-refractivity contribution in [2.45, 2.75) is 58.7 Å². The number of halogens is 1. The molecule has 3 unspecified atom stereocenters. The highest BCUT2D eigenvalue weighted by Crippen LogP contribution is 2.23. The van der Waals surface area contributed by atoms with Crippen LogP contribution in [0.25, 0.3) is 0 Å². The van der Waals surface area contributed by atoms with E-state index in [0.29, 0.717) is 12.1 Å². The molecule has 1 aliphatic heterocycles. The van der Waals surface area contributed by atoms with Crippen molar-refractivity contribution in [3.05, 3.63) is 34.3 Å². The summed E-state index contributed by atoms with van der Waals surface area (Å²) in [6.07, 6.45) is 3.79. The van der Waals surface area contributed by atoms with Crippen molar-refractivity contribution in [1.82, 2.24) is 10.2 Å². The van der Waals surface area contributed by atoms with Gasteiger partial charge < -0.3 is 5.32 Å². The fraction of sp³-hybridized carbons (Fsp3) is 0.667. The van der Waals surface area contributed by atoms with Crippen LogP contribution >= 0.6 is 15.9 Å². The van der Waals surface area contributed by atoms with Gasteiger partial charge in [0.25, 0.3) is 0 Å². The number of nitrogens with one attached hydrogen (secondary N) is 1. The number of nitrogens with zero attached hydrogens (tertiary/aromatic N) is 1. The highest BCUT2D eigenvalue weighted by Gasteiger charge is 2.29. The molecule has 1 aromatic carbocycles. The van der Waals surface area contributed by atoms with E-state index in [2.05, 4.69) is 71.2 Å². The van der Waals surface area contributed by atoms with Crippen LogP contribution in [-0.2, 0) is 6.54 Å². The molecule has 1 N–H and O–H groups in total. The van der Waals surface area contributed by atoms with Gasteiger partial charge in [-0.2, -0.15) is 0 Å². The lowest BCUT2D eigenvalue weighted by Gasteiger charge is -2.42. The van der Waals surface area contributed by atoms with Crippen LogP contribution in [0.3, 0.4) is 0 Å². The quantitative estimate of drug-likeness (QED) is 0.814. The summed E-state index contributed by atoms with van der Waals surface area (Å²) in [5, 5.41) is 3.78. The predicted octanol–water partition coefficient (Wildman–Crippen LogP) is 4.44. The number of hydrogen-bond donors (Lipinski definition) is 1. The minimum Gasteiger partial charge on any atom is -0.311 e. The highest BCUT2D eigenvalue weighted by atomic mass is 79.9. The molecule has 1 aromatic rings. The van der Waals surface area contributed by atoms with Gasteiger partial charge in [0, 0.05) is 36.2 Å². The van der Waals surface area contributed by atoms with Crippen LogP contribution < -0.4 is 5.32 Å². The lowest BCUT2D eigenvalue weighted by molar-refractivity contribution is 0.0958. The zero-order chi connectivity index (χ0) is 15.2. The third-order valence-corrected chi connectivity index (χ3v) is 5.62. The second-order valence-electron chi connectivity index (χ2n) is 6.36. The van der Waals surface area contributed by atoms with E-state index in [9.17, 15) is 0 Å². The van der Waals surface area contributed by atoms with Gasteiger partial charge in [-0.15, -0.1) is 0 Å². The fourth-order valence-corrected chi connectivity index (χ4v) is 3.62. The van der Waals surface area contributed by atoms with Crippen LogP contribution in [0.15, 0.2) is 28.7 Å². The summed E-state index contributed by atoms with van der Waals surface area (Å²) in [5.41, 5.74) is 1.41. The first-order valence-electron chi connectivity index (χ1n) is 8.36. The van der Waals surface area contributed by atoms with Crippen molar-refractivity contribution in [2.24, 2.45) is 5.92 Å². The standard InChI is InChI=1S/C18H29BrN2/c1-4-8-16-11-20-18(14(3)5-2)13-21(16)12-15-9-6-7-10-17(15)19/h6-7,9-10,14,16,18,20H,4-5,8,11-13H2,1-3H3. The van der Waals surface area contributed by atoms with Crippen LogP contribution in [0.2, 0.25) is 0 Å². The van der Waals surface area contributed by atoms with Crippen LogP contribution in [0, 0.1) is 5.92 Å². The average Bonchev–Trinajstić information content (AvgIpc) is 2.50. The molecule has 1 fully saturated rings. The van der Waals surface area contributed by atoms with Gasteiger partial charge in [-0.3, -0.25) is 4.90 Å². The first kappa shape index (κ1) is 17.0. The third kappa shape index (κ3) is 4.54. The molecule has 3 atom stereocenters. The Morgan fingerprint density at radius 3 is 2.76 bits per heavy atom. The van der Waals surface area contributed by atoms with Crippen molar-refractivity contribution >= 4 is 15.9 Å². The lowest BCUT2D eigenvalue weighted by atomic mass is 9.94. The van der Waals surface area contributed by atoms with E-state index in [1.807, 2.05) is 0 Å². The number of hydrogen-bond acceptors (Lipinski definition) is 2. The number of rotatable bonds is 6. The van der Waals surface area contributed by atoms with E-state index < -0.39 is 0 Å². The van der Waals surface area contributed by atoms with Crippen molar-refractivity contribution in [2.75, 3.05) is 13.1 Å². The average molecular weight is 353 g/mol. The molecule has 21 heavy (non-hydrogen) atoms. The third-order valence-electron chi connectivity index (χ3n) is 4.85. The van der Waals surface area contributed by atoms with Gasteiger partial charge in [-0.05, 0) is 24.0 Å². The molecule has 2 rings (SSSR count). The monoisotopic (exact) mass is 352 g/mol. The molecule has 0 radical (unpaired) electrons. The Hall–Kier alpha value is -0.380. The van der Waals surface area contributed by atoms with Crippen LogP contribution in [0.5, 0.6) is 0 Å². The molecule has 1 heterocycles. The molecule has 118 valence electrons. The summed E-state index contributed by atoms with van der Waals surface area (Å²) in [7, 11) is 0. The molecule has 0 spiro atoms. The molecule has 3 heteroatoms. The van der Waals surface area contributed by atoms with Crippen molar-refractivity contribution < 1.29 is 0 Å². The Balaban J connectivity index is 2.08. The van der Waals surface area contributed by atoms with Gasteiger partial charge >= 0.3 is 0 Å². The Bertz CT molecular complexity index is 435. The molecule has 1 aliphatic rings. The summed E-state index contributed by atoms with van der Waals surface area (Å²) in [6.45, 7) is 10.3. The first-order chi connectivity index (χ1) is 10.2. The van der Waals surface area contributed by atoms with E-state index in [1.54, 1.807) is 0 Å². The van der Waals surface area contributed by atoms with Gasteiger partial charge in [-0.1, -0.05) is 67.7 Å². The molecule has 2 nitrogen and oxygen atoms in total. The maximum Gasteiger partial charge on any atom is 0.0249 e. The SMILES string of the molecule is CCCC1CNC(C(C)CC)CN1Cc1ccccc1Br. The van der Waals surface area contributed by atoms with E-state index in [-0.39, 0.29) is 0 Å². The summed E-state index contributed by atoms with van der Waals surface area (Å²) in [4.78, 5) is 2.69. The molecule has 1 saturated heterocycles. The van der Waals surface area contributed by atoms with Gasteiger partial charge in [-0.25, -0.2) is 0 Å². The lowest BCUT2D eigenvalue weighted by Crippen LogP contribution is -2.57. The second-order valence-corrected chi connectivity index (χ2v) is 7.22. The van der Waals surface area contributed by atoms with Gasteiger partial charge in [0.1, 0.15) is 0 Å². The second kappa shape index (κ2) is 8.30. The first-order valence-corrected chi connectivity index (χ1v) is 9.15. The van der Waals surface area contributed by atoms with Crippen LogP contribution in [0.1, 0.15) is 45.6 Å². The zero-order valence-electron chi connectivity index (χ0n) is 13.6. The van der Waals surface area contributed by atoms with Crippen molar-refractivity contribution in [3.8, 4) is 0 Å². The van der Waals surface area contributed by atoms with E-state index in [0.717, 1.165) is 19.0 Å². The fourth-order valence-electron chi connectivity index (χ4n) is 3.21. The van der Waals surface area contributed by atoms with Gasteiger partial charge in [0.2, 0.25) is 0 Å². The highest BCUT2D eigenvalue weighted by molar-refractivity contribution is 9.10. The van der Waals surface area contributed by atoms with Crippen LogP contribution in [0.4, 0.5) is 0 Å². The van der Waals surface area contributed by atoms with E-state index in [4.69, 9.17) is 0 Å². The maximum absolute atomic E-state index is 3.78. The van der Waals surface area contributed by atoms with E-state index in [1.165, 1.54) is 35.8 Å². The number of piperazine rings is 1. The Morgan fingerprint density at radius 2 is 2.10 bits per heavy atom. The largest absolute Gasteiger partial charge is 0.311 e. The molecular formula is C18H29BrN2. The topological polar surface area (TPSA) is 15.3 Å². The van der Waals surface area contributed by atoms with Crippen molar-refractivity contribution in [1.29, 1.82) is 0 Å². The van der Waals surface area contributed by atoms with Gasteiger partial charge in [0.15, 0.2) is 0 Å². The molecule has 0 amide bonds. The smallest absolute Gasteiger partial charge is 0.0249 e. The van der Waals surface area contributed by atoms with E-state index >= 15 is 0 Å². The Kier molecular flexibility index (Phi) is 6.72. The summed E-state index contributed by atoms with van der Waals surface area (Å²) < 4.78 is 1.24. The summed E-state index contributed by atoms with van der Waals surface area (Å²) in [6, 6.07) is 9.93. The Morgan fingerprint density at radius 1 is 1.33 bits per heavy atom. The maximum atomic E-state index is 3.78. The van der Waals surface area contributed by atoms with Crippen molar-refractivity contribution in [3.63, 3.8) is 0 Å². The zero-order valence-corrected chi connectivity index (χ0v) is 15.2. The molecule has 0 aliphatic carbocycles. The normalized spacial score (nSPS) is 25.0. The number of benzene rings is 1. The summed E-state index contributed by atoms with van der Waals surface area (Å²) >= 11 is 3.70. The van der Waals surface area contributed by atoms with Gasteiger partial charge in [0.05, 0.1) is 0 Å². The molecule has 0 saturated carbocycles. The molecule has 0 bridgehead atoms. The molecular weight excluding hydrogens is 324 g/mol. The minimum atomic E-state index is 0.630.